The highest BCUT2D eigenvalue weighted by Gasteiger charge is 2.37. The average Bonchev–Trinajstić information content (AvgIpc) is 2.48. The molecule has 0 saturated heterocycles. The van der Waals surface area contributed by atoms with E-state index in [0.29, 0.717) is 19.3 Å². The SMILES string of the molecule is O=C(N[C@H]1CCC[C@H](C(=O)O)[C@@H]1O)OCc1ccccc1. The molecule has 0 heterocycles. The lowest BCUT2D eigenvalue weighted by Crippen LogP contribution is -2.50. The van der Waals surface area contributed by atoms with Crippen molar-refractivity contribution in [2.45, 2.75) is 38.0 Å². The Kier molecular flexibility index (Phi) is 5.16. The van der Waals surface area contributed by atoms with Crippen LogP contribution in [0.1, 0.15) is 24.8 Å². The summed E-state index contributed by atoms with van der Waals surface area (Å²) < 4.78 is 5.07. The zero-order valence-corrected chi connectivity index (χ0v) is 11.6. The van der Waals surface area contributed by atoms with Gasteiger partial charge in [-0.3, -0.25) is 4.79 Å². The summed E-state index contributed by atoms with van der Waals surface area (Å²) in [5.41, 5.74) is 0.861. The number of carboxylic acid groups (broad SMARTS) is 1. The minimum Gasteiger partial charge on any atom is -0.481 e. The molecule has 0 bridgehead atoms. The Morgan fingerprint density at radius 3 is 2.62 bits per heavy atom. The van der Waals surface area contributed by atoms with E-state index < -0.39 is 30.1 Å². The highest BCUT2D eigenvalue weighted by molar-refractivity contribution is 5.72. The van der Waals surface area contributed by atoms with Crippen LogP contribution < -0.4 is 5.32 Å². The summed E-state index contributed by atoms with van der Waals surface area (Å²) in [6.45, 7) is 0.137. The minimum atomic E-state index is -1.08. The second-order valence-electron chi connectivity index (χ2n) is 5.18. The first-order chi connectivity index (χ1) is 10.1. The van der Waals surface area contributed by atoms with Gasteiger partial charge in [0.2, 0.25) is 0 Å². The van der Waals surface area contributed by atoms with Crippen molar-refractivity contribution in [1.29, 1.82) is 0 Å². The van der Waals surface area contributed by atoms with E-state index in [2.05, 4.69) is 5.32 Å². The molecule has 0 aliphatic heterocycles. The van der Waals surface area contributed by atoms with Crippen LogP contribution in [-0.4, -0.2) is 34.4 Å². The number of ether oxygens (including phenoxy) is 1. The predicted molar refractivity (Wildman–Crippen MR) is 74.5 cm³/mol. The zero-order chi connectivity index (χ0) is 15.2. The van der Waals surface area contributed by atoms with Crippen molar-refractivity contribution in [1.82, 2.24) is 5.32 Å². The lowest BCUT2D eigenvalue weighted by Gasteiger charge is -2.32. The highest BCUT2D eigenvalue weighted by Crippen LogP contribution is 2.25. The molecule has 1 fully saturated rings. The minimum absolute atomic E-state index is 0.137. The molecule has 0 radical (unpaired) electrons. The summed E-state index contributed by atoms with van der Waals surface area (Å²) in [5.74, 6) is -1.87. The lowest BCUT2D eigenvalue weighted by molar-refractivity contribution is -0.148. The standard InChI is InChI=1S/C15H19NO5/c17-13-11(14(18)19)7-4-8-12(13)16-15(20)21-9-10-5-2-1-3-6-10/h1-3,5-6,11-13,17H,4,7-9H2,(H,16,20)(H,18,19)/t11-,12-,13-/m0/s1. The number of carbonyl (C=O) groups excluding carboxylic acids is 1. The van der Waals surface area contributed by atoms with Crippen molar-refractivity contribution in [2.75, 3.05) is 0 Å². The first-order valence-electron chi connectivity index (χ1n) is 6.96. The molecule has 6 heteroatoms. The third-order valence-electron chi connectivity index (χ3n) is 3.69. The Hall–Kier alpha value is -2.08. The summed E-state index contributed by atoms with van der Waals surface area (Å²) in [6.07, 6.45) is -0.106. The van der Waals surface area contributed by atoms with Gasteiger partial charge in [0.25, 0.3) is 0 Å². The second kappa shape index (κ2) is 7.08. The Bertz CT molecular complexity index is 490. The molecule has 1 amide bonds. The van der Waals surface area contributed by atoms with Gasteiger partial charge in [-0.15, -0.1) is 0 Å². The molecule has 0 unspecified atom stereocenters. The summed E-state index contributed by atoms with van der Waals surface area (Å²) in [7, 11) is 0. The summed E-state index contributed by atoms with van der Waals surface area (Å²) in [4.78, 5) is 22.7. The maximum absolute atomic E-state index is 11.7. The van der Waals surface area contributed by atoms with E-state index in [1.165, 1.54) is 0 Å². The topological polar surface area (TPSA) is 95.9 Å². The van der Waals surface area contributed by atoms with E-state index in [9.17, 15) is 14.7 Å². The van der Waals surface area contributed by atoms with Gasteiger partial charge in [0.15, 0.2) is 0 Å². The van der Waals surface area contributed by atoms with E-state index in [0.717, 1.165) is 5.56 Å². The third kappa shape index (κ3) is 4.19. The van der Waals surface area contributed by atoms with E-state index in [1.807, 2.05) is 30.3 Å². The molecule has 0 spiro atoms. The lowest BCUT2D eigenvalue weighted by atomic mass is 9.83. The summed E-state index contributed by atoms with van der Waals surface area (Å²) in [6, 6.07) is 8.65. The summed E-state index contributed by atoms with van der Waals surface area (Å²) in [5, 5.41) is 21.5. The van der Waals surface area contributed by atoms with Gasteiger partial charge in [-0.25, -0.2) is 4.79 Å². The van der Waals surface area contributed by atoms with Crippen LogP contribution in [0.4, 0.5) is 4.79 Å². The van der Waals surface area contributed by atoms with Crippen LogP contribution in [0.5, 0.6) is 0 Å². The molecule has 1 aromatic carbocycles. The zero-order valence-electron chi connectivity index (χ0n) is 11.6. The van der Waals surface area contributed by atoms with E-state index in [-0.39, 0.29) is 6.61 Å². The van der Waals surface area contributed by atoms with Gasteiger partial charge in [0.1, 0.15) is 6.61 Å². The number of carbonyl (C=O) groups is 2. The number of nitrogens with one attached hydrogen (secondary N) is 1. The van der Waals surface area contributed by atoms with Crippen molar-refractivity contribution < 1.29 is 24.5 Å². The molecule has 1 aliphatic carbocycles. The van der Waals surface area contributed by atoms with Gasteiger partial charge in [0, 0.05) is 0 Å². The molecular weight excluding hydrogens is 274 g/mol. The maximum Gasteiger partial charge on any atom is 0.407 e. The van der Waals surface area contributed by atoms with E-state index in [4.69, 9.17) is 9.84 Å². The van der Waals surface area contributed by atoms with Crippen LogP contribution >= 0.6 is 0 Å². The van der Waals surface area contributed by atoms with Crippen molar-refractivity contribution in [3.05, 3.63) is 35.9 Å². The van der Waals surface area contributed by atoms with Crippen LogP contribution in [0.3, 0.4) is 0 Å². The number of hydrogen-bond donors (Lipinski definition) is 3. The Morgan fingerprint density at radius 1 is 1.24 bits per heavy atom. The number of rotatable bonds is 4. The number of aliphatic carboxylic acids is 1. The Balaban J connectivity index is 1.83. The van der Waals surface area contributed by atoms with E-state index in [1.54, 1.807) is 0 Å². The second-order valence-corrected chi connectivity index (χ2v) is 5.18. The van der Waals surface area contributed by atoms with Crippen LogP contribution in [0.2, 0.25) is 0 Å². The fraction of sp³-hybridized carbons (Fsp3) is 0.467. The van der Waals surface area contributed by atoms with Gasteiger partial charge >= 0.3 is 12.1 Å². The van der Waals surface area contributed by atoms with Crippen LogP contribution in [0.15, 0.2) is 30.3 Å². The van der Waals surface area contributed by atoms with Crippen molar-refractivity contribution in [2.24, 2.45) is 5.92 Å². The van der Waals surface area contributed by atoms with Gasteiger partial charge in [-0.05, 0) is 18.4 Å². The Morgan fingerprint density at radius 2 is 1.95 bits per heavy atom. The number of hydrogen-bond acceptors (Lipinski definition) is 4. The third-order valence-corrected chi connectivity index (χ3v) is 3.69. The molecule has 1 aliphatic rings. The number of aliphatic hydroxyl groups is 1. The van der Waals surface area contributed by atoms with Crippen LogP contribution in [0.25, 0.3) is 0 Å². The number of amides is 1. The highest BCUT2D eigenvalue weighted by atomic mass is 16.5. The van der Waals surface area contributed by atoms with Crippen molar-refractivity contribution >= 4 is 12.1 Å². The average molecular weight is 293 g/mol. The van der Waals surface area contributed by atoms with Gasteiger partial charge < -0.3 is 20.3 Å². The first-order valence-corrected chi connectivity index (χ1v) is 6.96. The number of aliphatic hydroxyl groups excluding tert-OH is 1. The fourth-order valence-corrected chi connectivity index (χ4v) is 2.52. The van der Waals surface area contributed by atoms with Gasteiger partial charge in [-0.1, -0.05) is 36.8 Å². The van der Waals surface area contributed by atoms with Gasteiger partial charge in [-0.2, -0.15) is 0 Å². The van der Waals surface area contributed by atoms with E-state index >= 15 is 0 Å². The normalized spacial score (nSPS) is 25.1. The molecule has 3 atom stereocenters. The first kappa shape index (κ1) is 15.3. The van der Waals surface area contributed by atoms with Crippen LogP contribution in [0, 0.1) is 5.92 Å². The van der Waals surface area contributed by atoms with Crippen LogP contribution in [-0.2, 0) is 16.1 Å². The largest absolute Gasteiger partial charge is 0.481 e. The molecular formula is C15H19NO5. The van der Waals surface area contributed by atoms with Crippen molar-refractivity contribution in [3.8, 4) is 0 Å². The molecule has 0 aromatic heterocycles. The predicted octanol–water partition coefficient (Wildman–Crippen LogP) is 1.53. The molecule has 2 rings (SSSR count). The van der Waals surface area contributed by atoms with Crippen molar-refractivity contribution in [3.63, 3.8) is 0 Å². The molecule has 1 aromatic rings. The monoisotopic (exact) mass is 293 g/mol. The molecule has 3 N–H and O–H groups in total. The fourth-order valence-electron chi connectivity index (χ4n) is 2.52. The number of benzene rings is 1. The molecule has 21 heavy (non-hydrogen) atoms. The molecule has 114 valence electrons. The molecule has 1 saturated carbocycles. The van der Waals surface area contributed by atoms with Gasteiger partial charge in [0.05, 0.1) is 18.1 Å². The Labute approximate surface area is 122 Å². The quantitative estimate of drug-likeness (QED) is 0.782. The molecule has 6 nitrogen and oxygen atoms in total. The smallest absolute Gasteiger partial charge is 0.407 e. The summed E-state index contributed by atoms with van der Waals surface area (Å²) >= 11 is 0. The number of alkyl carbamates (subject to hydrolysis) is 1. The number of carboxylic acids is 1. The maximum atomic E-state index is 11.7.